The highest BCUT2D eigenvalue weighted by Gasteiger charge is 2.24. The molecule has 3 atom stereocenters. The van der Waals surface area contributed by atoms with E-state index < -0.39 is 20.0 Å². The van der Waals surface area contributed by atoms with Crippen molar-refractivity contribution in [2.75, 3.05) is 40.9 Å². The number of allylic oxidation sites excluding steroid dienone is 2. The third kappa shape index (κ3) is 33.5. The van der Waals surface area contributed by atoms with Gasteiger partial charge in [0.15, 0.2) is 0 Å². The SMILES string of the molecule is CCCCCC/C=C/CCCC[C@@H](O)[C@H](COP(=O)([O-])OCC[N+](C)(C)C)NC(=O)CCCCCCCCCCCCCCCCC. The molecule has 0 aliphatic heterocycles. The van der Waals surface area contributed by atoms with Gasteiger partial charge >= 0.3 is 0 Å². The van der Waals surface area contributed by atoms with Crippen molar-refractivity contribution in [3.05, 3.63) is 12.2 Å². The molecule has 0 aromatic heterocycles. The molecule has 0 saturated heterocycles. The van der Waals surface area contributed by atoms with Crippen molar-refractivity contribution < 1.29 is 32.9 Å². The van der Waals surface area contributed by atoms with E-state index in [1.54, 1.807) is 0 Å². The fraction of sp³-hybridized carbons (Fsp3) is 0.921. The quantitative estimate of drug-likeness (QED) is 0.0297. The monoisotopic (exact) mass is 689 g/mol. The van der Waals surface area contributed by atoms with Crippen molar-refractivity contribution in [1.29, 1.82) is 0 Å². The second-order valence-electron chi connectivity index (χ2n) is 14.6. The number of unbranched alkanes of at least 4 members (excludes halogenated alkanes) is 20. The molecule has 47 heavy (non-hydrogen) atoms. The fourth-order valence-corrected chi connectivity index (χ4v) is 6.28. The van der Waals surface area contributed by atoms with Crippen molar-refractivity contribution in [1.82, 2.24) is 5.32 Å². The maximum Gasteiger partial charge on any atom is 0.268 e. The topological polar surface area (TPSA) is 108 Å². The van der Waals surface area contributed by atoms with Crippen LogP contribution in [0.4, 0.5) is 0 Å². The van der Waals surface area contributed by atoms with Gasteiger partial charge in [-0.05, 0) is 38.5 Å². The molecule has 0 saturated carbocycles. The summed E-state index contributed by atoms with van der Waals surface area (Å²) < 4.78 is 23.1. The van der Waals surface area contributed by atoms with Crippen LogP contribution in [0, 0.1) is 0 Å². The maximum absolute atomic E-state index is 12.8. The average molecular weight is 689 g/mol. The van der Waals surface area contributed by atoms with Crippen molar-refractivity contribution in [3.63, 3.8) is 0 Å². The van der Waals surface area contributed by atoms with Crippen LogP contribution in [-0.2, 0) is 18.4 Å². The molecule has 1 unspecified atom stereocenters. The van der Waals surface area contributed by atoms with E-state index in [-0.39, 0.29) is 19.1 Å². The van der Waals surface area contributed by atoms with Crippen LogP contribution >= 0.6 is 7.82 Å². The van der Waals surface area contributed by atoms with Gasteiger partial charge in [-0.1, -0.05) is 142 Å². The van der Waals surface area contributed by atoms with Crippen LogP contribution in [0.3, 0.4) is 0 Å². The maximum atomic E-state index is 12.8. The van der Waals surface area contributed by atoms with E-state index in [0.29, 0.717) is 23.9 Å². The highest BCUT2D eigenvalue weighted by atomic mass is 31.2. The Morgan fingerprint density at radius 3 is 1.66 bits per heavy atom. The van der Waals surface area contributed by atoms with E-state index in [4.69, 9.17) is 9.05 Å². The average Bonchev–Trinajstić information content (AvgIpc) is 3.01. The molecule has 1 amide bonds. The number of rotatable bonds is 35. The molecular weight excluding hydrogens is 611 g/mol. The summed E-state index contributed by atoms with van der Waals surface area (Å²) in [7, 11) is 1.29. The molecule has 0 aliphatic carbocycles. The molecule has 9 heteroatoms. The zero-order chi connectivity index (χ0) is 35.1. The molecule has 0 radical (unpaired) electrons. The molecule has 2 N–H and O–H groups in total. The largest absolute Gasteiger partial charge is 0.756 e. The summed E-state index contributed by atoms with van der Waals surface area (Å²) in [6, 6.07) is -0.808. The van der Waals surface area contributed by atoms with Gasteiger partial charge in [0.2, 0.25) is 5.91 Å². The summed E-state index contributed by atoms with van der Waals surface area (Å²) in [5.74, 6) is -0.176. The zero-order valence-electron chi connectivity index (χ0n) is 31.5. The number of phosphoric ester groups is 1. The molecule has 0 fully saturated rings. The zero-order valence-corrected chi connectivity index (χ0v) is 32.4. The van der Waals surface area contributed by atoms with Crippen molar-refractivity contribution >= 4 is 13.7 Å². The number of aliphatic hydroxyl groups is 1. The van der Waals surface area contributed by atoms with Crippen LogP contribution in [0.25, 0.3) is 0 Å². The Bertz CT molecular complexity index is 789. The third-order valence-corrected chi connectivity index (χ3v) is 9.72. The Balaban J connectivity index is 4.42. The molecule has 0 aromatic carbocycles. The fourth-order valence-electron chi connectivity index (χ4n) is 5.56. The second kappa shape index (κ2) is 31.2. The van der Waals surface area contributed by atoms with Gasteiger partial charge in [0.25, 0.3) is 7.82 Å². The van der Waals surface area contributed by atoms with E-state index >= 15 is 0 Å². The van der Waals surface area contributed by atoms with Gasteiger partial charge < -0.3 is 28.8 Å². The molecule has 0 bridgehead atoms. The summed E-state index contributed by atoms with van der Waals surface area (Å²) in [6.45, 7) is 4.66. The van der Waals surface area contributed by atoms with Crippen molar-refractivity contribution in [2.24, 2.45) is 0 Å². The normalized spacial score (nSPS) is 14.8. The van der Waals surface area contributed by atoms with Crippen LogP contribution in [-0.4, -0.2) is 68.5 Å². The predicted molar refractivity (Wildman–Crippen MR) is 196 cm³/mol. The molecule has 0 heterocycles. The molecule has 0 aromatic rings. The first-order valence-corrected chi connectivity index (χ1v) is 21.0. The summed E-state index contributed by atoms with van der Waals surface area (Å²) in [6.07, 6.45) is 32.1. The highest BCUT2D eigenvalue weighted by Crippen LogP contribution is 2.38. The number of nitrogens with one attached hydrogen (secondary N) is 1. The molecule has 0 spiro atoms. The van der Waals surface area contributed by atoms with Gasteiger partial charge in [-0.25, -0.2) is 0 Å². The lowest BCUT2D eigenvalue weighted by Gasteiger charge is -2.30. The number of carbonyl (C=O) groups excluding carboxylic acids is 1. The van der Waals surface area contributed by atoms with E-state index in [0.717, 1.165) is 44.9 Å². The lowest BCUT2D eigenvalue weighted by atomic mass is 10.0. The van der Waals surface area contributed by atoms with Crippen LogP contribution in [0.5, 0.6) is 0 Å². The number of nitrogens with zero attached hydrogens (tertiary/aromatic N) is 1. The van der Waals surface area contributed by atoms with Crippen LogP contribution in [0.1, 0.15) is 174 Å². The smallest absolute Gasteiger partial charge is 0.268 e. The highest BCUT2D eigenvalue weighted by molar-refractivity contribution is 7.45. The van der Waals surface area contributed by atoms with Crippen LogP contribution in [0.2, 0.25) is 0 Å². The minimum absolute atomic E-state index is 0.00910. The first-order valence-electron chi connectivity index (χ1n) is 19.5. The van der Waals surface area contributed by atoms with E-state index in [9.17, 15) is 19.4 Å². The number of hydrogen-bond donors (Lipinski definition) is 2. The summed E-state index contributed by atoms with van der Waals surface area (Å²) in [5, 5.41) is 13.8. The van der Waals surface area contributed by atoms with E-state index in [1.807, 2.05) is 21.1 Å². The van der Waals surface area contributed by atoms with Crippen LogP contribution in [0.15, 0.2) is 12.2 Å². The Hall–Kier alpha value is -0.760. The molecule has 0 rings (SSSR count). The van der Waals surface area contributed by atoms with Crippen LogP contribution < -0.4 is 10.2 Å². The number of aliphatic hydroxyl groups excluding tert-OH is 1. The number of quaternary nitrogens is 1. The lowest BCUT2D eigenvalue weighted by Crippen LogP contribution is -2.46. The molecular formula is C38H77N2O6P. The molecule has 8 nitrogen and oxygen atoms in total. The minimum Gasteiger partial charge on any atom is -0.756 e. The van der Waals surface area contributed by atoms with E-state index in [1.165, 1.54) is 103 Å². The number of likely N-dealkylation sites (N-methyl/N-ethyl adjacent to an activating group) is 1. The molecule has 280 valence electrons. The van der Waals surface area contributed by atoms with E-state index in [2.05, 4.69) is 31.3 Å². The van der Waals surface area contributed by atoms with Gasteiger partial charge in [0.05, 0.1) is 39.9 Å². The predicted octanol–water partition coefficient (Wildman–Crippen LogP) is 9.39. The summed E-state index contributed by atoms with van der Waals surface area (Å²) in [4.78, 5) is 25.1. The first kappa shape index (κ1) is 46.2. The third-order valence-electron chi connectivity index (χ3n) is 8.75. The minimum atomic E-state index is -4.56. The Kier molecular flexibility index (Phi) is 30.7. The lowest BCUT2D eigenvalue weighted by molar-refractivity contribution is -0.870. The van der Waals surface area contributed by atoms with Gasteiger partial charge in [0.1, 0.15) is 13.2 Å². The van der Waals surface area contributed by atoms with Gasteiger partial charge in [-0.15, -0.1) is 0 Å². The number of hydrogen-bond acceptors (Lipinski definition) is 6. The van der Waals surface area contributed by atoms with Crippen molar-refractivity contribution in [2.45, 2.75) is 187 Å². The Morgan fingerprint density at radius 1 is 0.723 bits per heavy atom. The summed E-state index contributed by atoms with van der Waals surface area (Å²) >= 11 is 0. The number of amides is 1. The van der Waals surface area contributed by atoms with Gasteiger partial charge in [-0.2, -0.15) is 0 Å². The Labute approximate surface area is 291 Å². The van der Waals surface area contributed by atoms with Crippen molar-refractivity contribution in [3.8, 4) is 0 Å². The summed E-state index contributed by atoms with van der Waals surface area (Å²) in [5.41, 5.74) is 0. The standard InChI is InChI=1S/C38H77N2O6P/c1-6-8-10-12-14-16-18-19-20-21-22-24-26-28-30-32-38(42)39-36(35-46-47(43,44)45-34-33-40(3,4)5)37(41)31-29-27-25-23-17-15-13-11-9-7-2/h17,23,36-37,41H,6-16,18-22,24-35H2,1-5H3,(H-,39,42,43,44)/b23-17+/t36-,37+/m0/s1. The van der Waals surface area contributed by atoms with Gasteiger partial charge in [0, 0.05) is 6.42 Å². The number of phosphoric acid groups is 1. The Morgan fingerprint density at radius 2 is 1.17 bits per heavy atom. The van der Waals surface area contributed by atoms with Gasteiger partial charge in [-0.3, -0.25) is 9.36 Å². The molecule has 0 aliphatic rings. The number of carbonyl (C=O) groups is 1. The first-order chi connectivity index (χ1) is 22.5. The second-order valence-corrected chi connectivity index (χ2v) is 16.0.